The first-order chi connectivity index (χ1) is 15.5. The lowest BCUT2D eigenvalue weighted by Gasteiger charge is -2.40. The number of benzene rings is 2. The Hall–Kier alpha value is -2.86. The number of carbonyl (C=O) groups is 2. The molecular weight excluding hydrogens is 402 g/mol. The lowest BCUT2D eigenvalue weighted by Crippen LogP contribution is -2.46. The van der Waals surface area contributed by atoms with Gasteiger partial charge in [0.2, 0.25) is 5.91 Å². The first-order valence-electron chi connectivity index (χ1n) is 11.7. The van der Waals surface area contributed by atoms with Crippen molar-refractivity contribution < 1.29 is 14.7 Å². The van der Waals surface area contributed by atoms with Gasteiger partial charge in [0.25, 0.3) is 0 Å². The standard InChI is InChI=1S/C26H33N3O3/c1-3-22-16-24(27-26(31)32)23-15-21(11-12-25(23)29(22)18(2)30)20-9-7-19(8-10-20)17-28-13-5-4-6-14-28/h7-12,15,22,24,27H,3-6,13-14,16-17H2,1-2H3,(H,31,32). The molecule has 170 valence electrons. The molecule has 6 heteroatoms. The highest BCUT2D eigenvalue weighted by atomic mass is 16.4. The number of carbonyl (C=O) groups excluding carboxylic acids is 1. The maximum atomic E-state index is 12.4. The largest absolute Gasteiger partial charge is 0.465 e. The smallest absolute Gasteiger partial charge is 0.405 e. The predicted octanol–water partition coefficient (Wildman–Crippen LogP) is 5.18. The van der Waals surface area contributed by atoms with Crippen LogP contribution in [0.25, 0.3) is 11.1 Å². The highest BCUT2D eigenvalue weighted by molar-refractivity contribution is 5.94. The Bertz CT molecular complexity index is 967. The van der Waals surface area contributed by atoms with E-state index in [1.807, 2.05) is 30.0 Å². The lowest BCUT2D eigenvalue weighted by atomic mass is 9.87. The lowest BCUT2D eigenvalue weighted by molar-refractivity contribution is -0.117. The van der Waals surface area contributed by atoms with E-state index in [0.29, 0.717) is 6.42 Å². The number of carboxylic acid groups (broad SMARTS) is 1. The van der Waals surface area contributed by atoms with Gasteiger partial charge in [0.15, 0.2) is 0 Å². The van der Waals surface area contributed by atoms with E-state index < -0.39 is 6.09 Å². The van der Waals surface area contributed by atoms with Gasteiger partial charge >= 0.3 is 6.09 Å². The summed E-state index contributed by atoms with van der Waals surface area (Å²) in [6, 6.07) is 14.3. The number of hydrogen-bond donors (Lipinski definition) is 2. The maximum absolute atomic E-state index is 12.4. The Morgan fingerprint density at radius 2 is 1.72 bits per heavy atom. The molecule has 2 amide bonds. The van der Waals surface area contributed by atoms with Crippen LogP contribution in [0.1, 0.15) is 63.1 Å². The molecule has 2 aliphatic rings. The molecule has 2 aromatic carbocycles. The summed E-state index contributed by atoms with van der Waals surface area (Å²) in [5.74, 6) is -0.0123. The van der Waals surface area contributed by atoms with Gasteiger partial charge in [0.1, 0.15) is 0 Å². The summed E-state index contributed by atoms with van der Waals surface area (Å²) in [5.41, 5.74) is 5.11. The second-order valence-electron chi connectivity index (χ2n) is 9.00. The van der Waals surface area contributed by atoms with Crippen LogP contribution in [-0.4, -0.2) is 41.1 Å². The molecule has 0 saturated carbocycles. The van der Waals surface area contributed by atoms with Gasteiger partial charge in [-0.15, -0.1) is 0 Å². The predicted molar refractivity (Wildman–Crippen MR) is 127 cm³/mol. The average Bonchev–Trinajstić information content (AvgIpc) is 2.79. The molecule has 0 aliphatic carbocycles. The fourth-order valence-electron chi connectivity index (χ4n) is 5.17. The molecule has 0 aromatic heterocycles. The van der Waals surface area contributed by atoms with E-state index in [2.05, 4.69) is 34.5 Å². The second kappa shape index (κ2) is 9.74. The minimum atomic E-state index is -1.04. The quantitative estimate of drug-likeness (QED) is 0.678. The molecular formula is C26H33N3O3. The molecule has 0 radical (unpaired) electrons. The third-order valence-corrected chi connectivity index (χ3v) is 6.79. The summed E-state index contributed by atoms with van der Waals surface area (Å²) in [7, 11) is 0. The Labute approximate surface area is 190 Å². The van der Waals surface area contributed by atoms with Crippen molar-refractivity contribution >= 4 is 17.7 Å². The van der Waals surface area contributed by atoms with E-state index in [-0.39, 0.29) is 18.0 Å². The van der Waals surface area contributed by atoms with E-state index in [9.17, 15) is 14.7 Å². The Morgan fingerprint density at radius 1 is 1.03 bits per heavy atom. The van der Waals surface area contributed by atoms with E-state index in [0.717, 1.165) is 35.3 Å². The molecule has 4 rings (SSSR count). The van der Waals surface area contributed by atoms with Crippen LogP contribution < -0.4 is 10.2 Å². The van der Waals surface area contributed by atoms with E-state index in [1.165, 1.54) is 37.9 Å². The summed E-state index contributed by atoms with van der Waals surface area (Å²) in [6.45, 7) is 6.95. The molecule has 1 saturated heterocycles. The summed E-state index contributed by atoms with van der Waals surface area (Å²) >= 11 is 0. The van der Waals surface area contributed by atoms with E-state index in [1.54, 1.807) is 6.92 Å². The number of nitrogens with one attached hydrogen (secondary N) is 1. The van der Waals surface area contributed by atoms with Crippen LogP contribution in [0.3, 0.4) is 0 Å². The number of anilines is 1. The Kier molecular flexibility index (Phi) is 6.80. The van der Waals surface area contributed by atoms with Crippen molar-refractivity contribution in [3.8, 4) is 11.1 Å². The minimum absolute atomic E-state index is 0.0123. The van der Waals surface area contributed by atoms with E-state index >= 15 is 0 Å². The summed E-state index contributed by atoms with van der Waals surface area (Å²) in [6.07, 6.45) is 4.22. The fourth-order valence-corrected chi connectivity index (χ4v) is 5.17. The van der Waals surface area contributed by atoms with Crippen molar-refractivity contribution in [2.24, 2.45) is 0 Å². The third-order valence-electron chi connectivity index (χ3n) is 6.79. The molecule has 1 fully saturated rings. The fraction of sp³-hybridized carbons (Fsp3) is 0.462. The van der Waals surface area contributed by atoms with Gasteiger partial charge in [-0.3, -0.25) is 9.69 Å². The molecule has 0 bridgehead atoms. The number of rotatable bonds is 5. The van der Waals surface area contributed by atoms with Crippen molar-refractivity contribution in [3.63, 3.8) is 0 Å². The molecule has 2 unspecified atom stereocenters. The average molecular weight is 436 g/mol. The number of likely N-dealkylation sites (tertiary alicyclic amines) is 1. The topological polar surface area (TPSA) is 72.9 Å². The second-order valence-corrected chi connectivity index (χ2v) is 9.00. The number of piperidine rings is 1. The number of nitrogens with zero attached hydrogens (tertiary/aromatic N) is 2. The third kappa shape index (κ3) is 4.80. The van der Waals surface area contributed by atoms with Crippen LogP contribution in [0, 0.1) is 0 Å². The van der Waals surface area contributed by atoms with Crippen molar-refractivity contribution in [3.05, 3.63) is 53.6 Å². The number of hydrogen-bond acceptors (Lipinski definition) is 3. The van der Waals surface area contributed by atoms with Crippen molar-refractivity contribution in [1.29, 1.82) is 0 Å². The van der Waals surface area contributed by atoms with Gasteiger partial charge in [-0.05, 0) is 73.2 Å². The van der Waals surface area contributed by atoms with Gasteiger partial charge in [-0.25, -0.2) is 4.79 Å². The van der Waals surface area contributed by atoms with E-state index in [4.69, 9.17) is 0 Å². The number of amides is 2. The highest BCUT2D eigenvalue weighted by Crippen LogP contribution is 2.40. The highest BCUT2D eigenvalue weighted by Gasteiger charge is 2.34. The van der Waals surface area contributed by atoms with Crippen LogP contribution >= 0.6 is 0 Å². The zero-order chi connectivity index (χ0) is 22.7. The van der Waals surface area contributed by atoms with Crippen molar-refractivity contribution in [2.45, 2.75) is 64.6 Å². The molecule has 2 aliphatic heterocycles. The maximum Gasteiger partial charge on any atom is 0.405 e. The number of fused-ring (bicyclic) bond motifs is 1. The molecule has 2 aromatic rings. The first kappa shape index (κ1) is 22.3. The zero-order valence-corrected chi connectivity index (χ0v) is 19.0. The molecule has 32 heavy (non-hydrogen) atoms. The van der Waals surface area contributed by atoms with Crippen LogP contribution in [0.5, 0.6) is 0 Å². The van der Waals surface area contributed by atoms with Crippen molar-refractivity contribution in [2.75, 3.05) is 18.0 Å². The molecule has 0 spiro atoms. The first-order valence-corrected chi connectivity index (χ1v) is 11.7. The summed E-state index contributed by atoms with van der Waals surface area (Å²) in [5, 5.41) is 12.0. The minimum Gasteiger partial charge on any atom is -0.465 e. The van der Waals surface area contributed by atoms with Crippen LogP contribution in [0.15, 0.2) is 42.5 Å². The SMILES string of the molecule is CCC1CC(NC(=O)O)c2cc(-c3ccc(CN4CCCCC4)cc3)ccc2N1C(C)=O. The van der Waals surface area contributed by atoms with Crippen LogP contribution in [0.4, 0.5) is 10.5 Å². The molecule has 2 heterocycles. The van der Waals surface area contributed by atoms with Crippen LogP contribution in [0.2, 0.25) is 0 Å². The van der Waals surface area contributed by atoms with Gasteiger partial charge in [-0.2, -0.15) is 0 Å². The Balaban J connectivity index is 1.62. The monoisotopic (exact) mass is 435 g/mol. The van der Waals surface area contributed by atoms with Gasteiger partial charge < -0.3 is 15.3 Å². The normalized spacial score (nSPS) is 21.1. The van der Waals surface area contributed by atoms with Gasteiger partial charge in [-0.1, -0.05) is 43.7 Å². The zero-order valence-electron chi connectivity index (χ0n) is 19.0. The van der Waals surface area contributed by atoms with Gasteiger partial charge in [0.05, 0.1) is 6.04 Å². The summed E-state index contributed by atoms with van der Waals surface area (Å²) in [4.78, 5) is 28.2. The summed E-state index contributed by atoms with van der Waals surface area (Å²) < 4.78 is 0. The molecule has 2 N–H and O–H groups in total. The molecule has 2 atom stereocenters. The molecule has 6 nitrogen and oxygen atoms in total. The van der Waals surface area contributed by atoms with Gasteiger partial charge in [0, 0.05) is 25.2 Å². The Morgan fingerprint density at radius 3 is 2.34 bits per heavy atom. The van der Waals surface area contributed by atoms with Crippen molar-refractivity contribution in [1.82, 2.24) is 10.2 Å². The van der Waals surface area contributed by atoms with Crippen LogP contribution in [-0.2, 0) is 11.3 Å².